The lowest BCUT2D eigenvalue weighted by Gasteiger charge is -2.16. The average Bonchev–Trinajstić information content (AvgIpc) is 2.66. The molecule has 0 fully saturated rings. The second-order valence-electron chi connectivity index (χ2n) is 5.65. The largest absolute Gasteiger partial charge is 0.496 e. The van der Waals surface area contributed by atoms with Crippen LogP contribution in [-0.4, -0.2) is 32.2 Å². The summed E-state index contributed by atoms with van der Waals surface area (Å²) in [7, 11) is 2.73. The highest BCUT2D eigenvalue weighted by Gasteiger charge is 2.30. The summed E-state index contributed by atoms with van der Waals surface area (Å²) in [6.45, 7) is 1.33. The van der Waals surface area contributed by atoms with Crippen LogP contribution in [0.2, 0.25) is 0 Å². The molecule has 0 aliphatic carbocycles. The van der Waals surface area contributed by atoms with Gasteiger partial charge in [-0.25, -0.2) is 4.79 Å². The Balaban J connectivity index is 2.07. The highest BCUT2D eigenvalue weighted by molar-refractivity contribution is 5.99. The van der Waals surface area contributed by atoms with E-state index in [4.69, 9.17) is 14.2 Å². The molecule has 0 radical (unpaired) electrons. The van der Waals surface area contributed by atoms with Gasteiger partial charge in [-0.05, 0) is 43.3 Å². The van der Waals surface area contributed by atoms with Gasteiger partial charge in [-0.3, -0.25) is 4.79 Å². The number of hydrogen-bond donors (Lipinski definition) is 1. The smallest absolute Gasteiger partial charge is 0.416 e. The standard InChI is InChI=1S/C19H18F3NO5/c1-11(17(24)23-13-9-7-12(8-10-13)19(20,21)22)28-18(25)16-14(26-2)5-4-6-15(16)27-3/h4-11H,1-3H3,(H,23,24)/t11-/m1/s1. The predicted octanol–water partition coefficient (Wildman–Crippen LogP) is 3.91. The molecule has 1 amide bonds. The minimum atomic E-state index is -4.47. The fourth-order valence-corrected chi connectivity index (χ4v) is 2.31. The Bertz CT molecular complexity index is 827. The van der Waals surface area contributed by atoms with Crippen molar-refractivity contribution in [1.82, 2.24) is 0 Å². The summed E-state index contributed by atoms with van der Waals surface area (Å²) >= 11 is 0. The molecule has 2 aromatic rings. The van der Waals surface area contributed by atoms with E-state index in [1.807, 2.05) is 0 Å². The first-order chi connectivity index (χ1) is 13.2. The quantitative estimate of drug-likeness (QED) is 0.749. The zero-order chi connectivity index (χ0) is 20.9. The Kier molecular flexibility index (Phi) is 6.50. The zero-order valence-corrected chi connectivity index (χ0v) is 15.3. The number of halogens is 3. The molecule has 1 N–H and O–H groups in total. The summed E-state index contributed by atoms with van der Waals surface area (Å²) in [5.41, 5.74) is -0.689. The van der Waals surface area contributed by atoms with Crippen LogP contribution in [0.15, 0.2) is 42.5 Å². The molecule has 0 unspecified atom stereocenters. The predicted molar refractivity (Wildman–Crippen MR) is 94.5 cm³/mol. The molecule has 0 saturated heterocycles. The van der Waals surface area contributed by atoms with Crippen LogP contribution in [0.5, 0.6) is 11.5 Å². The van der Waals surface area contributed by atoms with E-state index >= 15 is 0 Å². The number of carbonyl (C=O) groups excluding carboxylic acids is 2. The maximum absolute atomic E-state index is 12.6. The van der Waals surface area contributed by atoms with E-state index in [0.717, 1.165) is 24.3 Å². The number of anilines is 1. The first-order valence-corrected chi connectivity index (χ1v) is 8.07. The number of alkyl halides is 3. The molecule has 28 heavy (non-hydrogen) atoms. The van der Waals surface area contributed by atoms with Crippen LogP contribution in [0.4, 0.5) is 18.9 Å². The lowest BCUT2D eigenvalue weighted by atomic mass is 10.1. The summed E-state index contributed by atoms with van der Waals surface area (Å²) in [6, 6.07) is 8.59. The zero-order valence-electron chi connectivity index (χ0n) is 15.3. The van der Waals surface area contributed by atoms with Crippen molar-refractivity contribution < 1.29 is 37.0 Å². The van der Waals surface area contributed by atoms with E-state index < -0.39 is 29.7 Å². The van der Waals surface area contributed by atoms with Gasteiger partial charge in [0, 0.05) is 5.69 Å². The van der Waals surface area contributed by atoms with E-state index in [-0.39, 0.29) is 22.7 Å². The molecule has 1 atom stereocenters. The minimum Gasteiger partial charge on any atom is -0.496 e. The number of ether oxygens (including phenoxy) is 3. The Morgan fingerprint density at radius 1 is 0.964 bits per heavy atom. The summed E-state index contributed by atoms with van der Waals surface area (Å²) < 4.78 is 53.1. The van der Waals surface area contributed by atoms with Crippen LogP contribution >= 0.6 is 0 Å². The van der Waals surface area contributed by atoms with Crippen LogP contribution in [0.1, 0.15) is 22.8 Å². The van der Waals surface area contributed by atoms with Crippen LogP contribution in [0, 0.1) is 0 Å². The third kappa shape index (κ3) is 4.93. The maximum Gasteiger partial charge on any atom is 0.416 e. The van der Waals surface area contributed by atoms with Crippen molar-refractivity contribution >= 4 is 17.6 Å². The minimum absolute atomic E-state index is 0.0154. The Morgan fingerprint density at radius 2 is 1.50 bits per heavy atom. The first kappa shape index (κ1) is 21.1. The van der Waals surface area contributed by atoms with Gasteiger partial charge in [0.05, 0.1) is 19.8 Å². The molecule has 0 spiro atoms. The van der Waals surface area contributed by atoms with Crippen molar-refractivity contribution in [3.8, 4) is 11.5 Å². The molecule has 0 aliphatic rings. The van der Waals surface area contributed by atoms with Crippen molar-refractivity contribution in [2.45, 2.75) is 19.2 Å². The van der Waals surface area contributed by atoms with E-state index in [9.17, 15) is 22.8 Å². The Labute approximate surface area is 159 Å². The number of amides is 1. The number of methoxy groups -OCH3 is 2. The molecule has 9 heteroatoms. The molecular weight excluding hydrogens is 379 g/mol. The molecule has 2 aromatic carbocycles. The number of hydrogen-bond acceptors (Lipinski definition) is 5. The van der Waals surface area contributed by atoms with Gasteiger partial charge in [0.1, 0.15) is 17.1 Å². The third-order valence-electron chi connectivity index (χ3n) is 3.76. The Morgan fingerprint density at radius 3 is 1.96 bits per heavy atom. The van der Waals surface area contributed by atoms with Crippen LogP contribution < -0.4 is 14.8 Å². The number of nitrogens with one attached hydrogen (secondary N) is 1. The van der Waals surface area contributed by atoms with Crippen LogP contribution in [0.3, 0.4) is 0 Å². The monoisotopic (exact) mass is 397 g/mol. The van der Waals surface area contributed by atoms with Crippen molar-refractivity contribution in [2.24, 2.45) is 0 Å². The van der Waals surface area contributed by atoms with Gasteiger partial charge in [-0.2, -0.15) is 13.2 Å². The molecule has 6 nitrogen and oxygen atoms in total. The number of benzene rings is 2. The molecule has 0 bridgehead atoms. The van der Waals surface area contributed by atoms with Gasteiger partial charge < -0.3 is 19.5 Å². The second-order valence-corrected chi connectivity index (χ2v) is 5.65. The molecule has 0 saturated carbocycles. The summed E-state index contributed by atoms with van der Waals surface area (Å²) in [5.74, 6) is -1.13. The molecular formula is C19H18F3NO5. The average molecular weight is 397 g/mol. The van der Waals surface area contributed by atoms with Crippen molar-refractivity contribution in [3.63, 3.8) is 0 Å². The number of rotatable bonds is 6. The van der Waals surface area contributed by atoms with Gasteiger partial charge in [-0.15, -0.1) is 0 Å². The normalized spacial score (nSPS) is 12.1. The van der Waals surface area contributed by atoms with Crippen molar-refractivity contribution in [3.05, 3.63) is 53.6 Å². The van der Waals surface area contributed by atoms with Crippen LogP contribution in [-0.2, 0) is 15.7 Å². The highest BCUT2D eigenvalue weighted by atomic mass is 19.4. The van der Waals surface area contributed by atoms with Gasteiger partial charge in [0.2, 0.25) is 0 Å². The first-order valence-electron chi connectivity index (χ1n) is 8.07. The van der Waals surface area contributed by atoms with Gasteiger partial charge in [0.25, 0.3) is 5.91 Å². The topological polar surface area (TPSA) is 73.9 Å². The van der Waals surface area contributed by atoms with E-state index in [1.165, 1.54) is 33.3 Å². The van der Waals surface area contributed by atoms with Gasteiger partial charge in [0.15, 0.2) is 6.10 Å². The molecule has 2 rings (SSSR count). The fraction of sp³-hybridized carbons (Fsp3) is 0.263. The second kappa shape index (κ2) is 8.64. The highest BCUT2D eigenvalue weighted by Crippen LogP contribution is 2.30. The number of carbonyl (C=O) groups is 2. The van der Waals surface area contributed by atoms with E-state index in [2.05, 4.69) is 5.32 Å². The molecule has 0 heterocycles. The summed E-state index contributed by atoms with van der Waals surface area (Å²) in [4.78, 5) is 24.6. The summed E-state index contributed by atoms with van der Waals surface area (Å²) in [5, 5.41) is 2.39. The maximum atomic E-state index is 12.6. The van der Waals surface area contributed by atoms with E-state index in [0.29, 0.717) is 0 Å². The SMILES string of the molecule is COc1cccc(OC)c1C(=O)O[C@H](C)C(=O)Nc1ccc(C(F)(F)F)cc1. The molecule has 0 aliphatic heterocycles. The van der Waals surface area contributed by atoms with Crippen molar-refractivity contribution in [1.29, 1.82) is 0 Å². The van der Waals surface area contributed by atoms with Gasteiger partial charge >= 0.3 is 12.1 Å². The lowest BCUT2D eigenvalue weighted by Crippen LogP contribution is -2.30. The van der Waals surface area contributed by atoms with Gasteiger partial charge in [-0.1, -0.05) is 6.07 Å². The molecule has 0 aromatic heterocycles. The third-order valence-corrected chi connectivity index (χ3v) is 3.76. The fourth-order valence-electron chi connectivity index (χ4n) is 2.31. The Hall–Kier alpha value is -3.23. The molecule has 150 valence electrons. The lowest BCUT2D eigenvalue weighted by molar-refractivity contribution is -0.137. The van der Waals surface area contributed by atoms with E-state index in [1.54, 1.807) is 6.07 Å². The van der Waals surface area contributed by atoms with Crippen LogP contribution in [0.25, 0.3) is 0 Å². The summed E-state index contributed by atoms with van der Waals surface area (Å²) in [6.07, 6.45) is -5.69. The number of esters is 1. The van der Waals surface area contributed by atoms with Crippen molar-refractivity contribution in [2.75, 3.05) is 19.5 Å².